The van der Waals surface area contributed by atoms with Crippen molar-refractivity contribution in [3.8, 4) is 0 Å². The predicted octanol–water partition coefficient (Wildman–Crippen LogP) is 3.04. The molecule has 0 saturated carbocycles. The van der Waals surface area contributed by atoms with E-state index in [1.807, 2.05) is 17.9 Å². The smallest absolute Gasteiger partial charge is 0.0839 e. The molecule has 0 saturated heterocycles. The lowest BCUT2D eigenvalue weighted by molar-refractivity contribution is 0.567. The summed E-state index contributed by atoms with van der Waals surface area (Å²) in [6.07, 6.45) is 1.85. The highest BCUT2D eigenvalue weighted by atomic mass is 79.9. The zero-order chi connectivity index (χ0) is 11.5. The SMILES string of the molecule is CCn1nccc1C(NC)c1ccc(Br)s1. The van der Waals surface area contributed by atoms with E-state index in [0.717, 1.165) is 10.3 Å². The quantitative estimate of drug-likeness (QED) is 0.940. The Morgan fingerprint density at radius 1 is 1.50 bits per heavy atom. The van der Waals surface area contributed by atoms with Gasteiger partial charge in [-0.25, -0.2) is 0 Å². The number of thiophene rings is 1. The first-order valence-corrected chi connectivity index (χ1v) is 6.81. The van der Waals surface area contributed by atoms with Gasteiger partial charge in [0.15, 0.2) is 0 Å². The fraction of sp³-hybridized carbons (Fsp3) is 0.364. The van der Waals surface area contributed by atoms with Crippen molar-refractivity contribution in [3.63, 3.8) is 0 Å². The highest BCUT2D eigenvalue weighted by Gasteiger charge is 2.17. The van der Waals surface area contributed by atoms with Crippen LogP contribution in [0.3, 0.4) is 0 Å². The van der Waals surface area contributed by atoms with Gasteiger partial charge in [-0.05, 0) is 48.1 Å². The van der Waals surface area contributed by atoms with Gasteiger partial charge in [-0.2, -0.15) is 5.10 Å². The Morgan fingerprint density at radius 2 is 2.31 bits per heavy atom. The average Bonchev–Trinajstić information content (AvgIpc) is 2.89. The van der Waals surface area contributed by atoms with Crippen molar-refractivity contribution >= 4 is 27.3 Å². The molecule has 0 aromatic carbocycles. The summed E-state index contributed by atoms with van der Waals surface area (Å²) in [5, 5.41) is 7.64. The second kappa shape index (κ2) is 5.12. The first-order chi connectivity index (χ1) is 7.76. The molecule has 1 atom stereocenters. The van der Waals surface area contributed by atoms with E-state index in [4.69, 9.17) is 0 Å². The molecule has 0 aliphatic heterocycles. The molecule has 5 heteroatoms. The van der Waals surface area contributed by atoms with Crippen LogP contribution in [0.2, 0.25) is 0 Å². The van der Waals surface area contributed by atoms with E-state index in [0.29, 0.717) is 0 Å². The molecule has 0 fully saturated rings. The van der Waals surface area contributed by atoms with E-state index in [9.17, 15) is 0 Å². The van der Waals surface area contributed by atoms with Crippen LogP contribution in [0.1, 0.15) is 23.5 Å². The largest absolute Gasteiger partial charge is 0.307 e. The Labute approximate surface area is 108 Å². The van der Waals surface area contributed by atoms with Crippen LogP contribution in [0.25, 0.3) is 0 Å². The Balaban J connectivity index is 2.36. The second-order valence-electron chi connectivity index (χ2n) is 3.44. The van der Waals surface area contributed by atoms with Crippen molar-refractivity contribution in [1.29, 1.82) is 0 Å². The molecular weight excluding hydrogens is 286 g/mol. The first-order valence-electron chi connectivity index (χ1n) is 5.20. The van der Waals surface area contributed by atoms with Crippen LogP contribution in [-0.2, 0) is 6.54 Å². The second-order valence-corrected chi connectivity index (χ2v) is 5.93. The molecular formula is C11H14BrN3S. The Kier molecular flexibility index (Phi) is 3.78. The lowest BCUT2D eigenvalue weighted by atomic mass is 10.1. The van der Waals surface area contributed by atoms with Crippen molar-refractivity contribution in [3.05, 3.63) is 38.8 Å². The van der Waals surface area contributed by atoms with E-state index in [2.05, 4.69) is 51.5 Å². The summed E-state index contributed by atoms with van der Waals surface area (Å²) in [5.41, 5.74) is 1.21. The molecule has 86 valence electrons. The molecule has 1 N–H and O–H groups in total. The van der Waals surface area contributed by atoms with Crippen molar-refractivity contribution in [2.24, 2.45) is 0 Å². The highest BCUT2D eigenvalue weighted by molar-refractivity contribution is 9.11. The maximum atomic E-state index is 4.31. The van der Waals surface area contributed by atoms with Crippen LogP contribution in [0.15, 0.2) is 28.2 Å². The summed E-state index contributed by atoms with van der Waals surface area (Å²) in [7, 11) is 1.98. The van der Waals surface area contributed by atoms with Gasteiger partial charge in [-0.15, -0.1) is 11.3 Å². The van der Waals surface area contributed by atoms with Gasteiger partial charge in [0.25, 0.3) is 0 Å². The zero-order valence-corrected chi connectivity index (χ0v) is 11.7. The van der Waals surface area contributed by atoms with Crippen molar-refractivity contribution in [1.82, 2.24) is 15.1 Å². The molecule has 2 heterocycles. The minimum absolute atomic E-state index is 0.221. The number of rotatable bonds is 4. The van der Waals surface area contributed by atoms with Gasteiger partial charge in [-0.3, -0.25) is 4.68 Å². The molecule has 0 aliphatic rings. The third kappa shape index (κ3) is 2.21. The summed E-state index contributed by atoms with van der Waals surface area (Å²) in [6.45, 7) is 3.00. The third-order valence-corrected chi connectivity index (χ3v) is 4.20. The number of hydrogen-bond donors (Lipinski definition) is 1. The molecule has 2 aromatic heterocycles. The Hall–Kier alpha value is -0.650. The maximum absolute atomic E-state index is 4.31. The van der Waals surface area contributed by atoms with Crippen LogP contribution in [0.5, 0.6) is 0 Å². The molecule has 0 radical (unpaired) electrons. The van der Waals surface area contributed by atoms with E-state index in [1.165, 1.54) is 10.6 Å². The lowest BCUT2D eigenvalue weighted by Crippen LogP contribution is -2.20. The van der Waals surface area contributed by atoms with Gasteiger partial charge >= 0.3 is 0 Å². The third-order valence-electron chi connectivity index (χ3n) is 2.51. The van der Waals surface area contributed by atoms with Crippen LogP contribution in [0, 0.1) is 0 Å². The van der Waals surface area contributed by atoms with E-state index < -0.39 is 0 Å². The van der Waals surface area contributed by atoms with Gasteiger partial charge in [0.1, 0.15) is 0 Å². The van der Waals surface area contributed by atoms with Gasteiger partial charge in [0, 0.05) is 17.6 Å². The minimum atomic E-state index is 0.221. The molecule has 0 spiro atoms. The average molecular weight is 300 g/mol. The number of aryl methyl sites for hydroxylation is 1. The standard InChI is InChI=1S/C11H14BrN3S/c1-3-15-8(6-7-14-15)11(13-2)9-4-5-10(12)16-9/h4-7,11,13H,3H2,1-2H3. The van der Waals surface area contributed by atoms with Gasteiger partial charge in [0.2, 0.25) is 0 Å². The van der Waals surface area contributed by atoms with Gasteiger partial charge in [-0.1, -0.05) is 0 Å². The van der Waals surface area contributed by atoms with Crippen molar-refractivity contribution in [2.45, 2.75) is 19.5 Å². The number of halogens is 1. The number of nitrogens with one attached hydrogen (secondary N) is 1. The van der Waals surface area contributed by atoms with Gasteiger partial charge in [0.05, 0.1) is 15.5 Å². The highest BCUT2D eigenvalue weighted by Crippen LogP contribution is 2.30. The van der Waals surface area contributed by atoms with Crippen LogP contribution in [-0.4, -0.2) is 16.8 Å². The molecule has 0 aliphatic carbocycles. The topological polar surface area (TPSA) is 29.9 Å². The summed E-state index contributed by atoms with van der Waals surface area (Å²) in [6, 6.07) is 6.51. The normalized spacial score (nSPS) is 12.9. The summed E-state index contributed by atoms with van der Waals surface area (Å²) in [4.78, 5) is 1.30. The minimum Gasteiger partial charge on any atom is -0.307 e. The monoisotopic (exact) mass is 299 g/mol. The molecule has 1 unspecified atom stereocenters. The lowest BCUT2D eigenvalue weighted by Gasteiger charge is -2.15. The van der Waals surface area contributed by atoms with E-state index in [1.54, 1.807) is 11.3 Å². The fourth-order valence-electron chi connectivity index (χ4n) is 1.77. The fourth-order valence-corrected chi connectivity index (χ4v) is 3.32. The summed E-state index contributed by atoms with van der Waals surface area (Å²) in [5.74, 6) is 0. The molecule has 3 nitrogen and oxygen atoms in total. The number of aromatic nitrogens is 2. The van der Waals surface area contributed by atoms with E-state index >= 15 is 0 Å². The zero-order valence-electron chi connectivity index (χ0n) is 9.27. The van der Waals surface area contributed by atoms with Crippen LogP contribution in [0.4, 0.5) is 0 Å². The van der Waals surface area contributed by atoms with Crippen LogP contribution >= 0.6 is 27.3 Å². The van der Waals surface area contributed by atoms with Crippen molar-refractivity contribution < 1.29 is 0 Å². The predicted molar refractivity (Wildman–Crippen MR) is 70.8 cm³/mol. The molecule has 16 heavy (non-hydrogen) atoms. The van der Waals surface area contributed by atoms with Gasteiger partial charge < -0.3 is 5.32 Å². The molecule has 2 rings (SSSR count). The van der Waals surface area contributed by atoms with E-state index in [-0.39, 0.29) is 6.04 Å². The Morgan fingerprint density at radius 3 is 2.88 bits per heavy atom. The maximum Gasteiger partial charge on any atom is 0.0839 e. The van der Waals surface area contributed by atoms with Crippen molar-refractivity contribution in [2.75, 3.05) is 7.05 Å². The number of hydrogen-bond acceptors (Lipinski definition) is 3. The summed E-state index contributed by atoms with van der Waals surface area (Å²) < 4.78 is 3.18. The first kappa shape index (κ1) is 11.8. The summed E-state index contributed by atoms with van der Waals surface area (Å²) >= 11 is 5.25. The molecule has 2 aromatic rings. The molecule has 0 bridgehead atoms. The Bertz CT molecular complexity index is 463. The molecule has 0 amide bonds. The number of nitrogens with zero attached hydrogens (tertiary/aromatic N) is 2. The van der Waals surface area contributed by atoms with Crippen LogP contribution < -0.4 is 5.32 Å².